The Bertz CT molecular complexity index is 282. The summed E-state index contributed by atoms with van der Waals surface area (Å²) in [5.41, 5.74) is 1.41. The van der Waals surface area contributed by atoms with Crippen molar-refractivity contribution in [3.05, 3.63) is 48.6 Å². The third-order valence-corrected chi connectivity index (χ3v) is 2.58. The second kappa shape index (κ2) is 8.08. The summed E-state index contributed by atoms with van der Waals surface area (Å²) in [6, 6.07) is 10.6. The first-order valence-electron chi connectivity index (χ1n) is 5.87. The Labute approximate surface area is 99.0 Å². The molecule has 0 saturated carbocycles. The van der Waals surface area contributed by atoms with E-state index in [1.54, 1.807) is 0 Å². The van der Waals surface area contributed by atoms with E-state index in [2.05, 4.69) is 54.2 Å². The molecule has 2 heteroatoms. The Hall–Kier alpha value is -1.12. The Morgan fingerprint density at radius 1 is 1.25 bits per heavy atom. The van der Waals surface area contributed by atoms with E-state index in [4.69, 9.17) is 0 Å². The van der Waals surface area contributed by atoms with Gasteiger partial charge in [0.25, 0.3) is 0 Å². The van der Waals surface area contributed by atoms with Gasteiger partial charge in [-0.05, 0) is 19.0 Å². The SMILES string of the molecule is C=CCNCCN(C)CCc1ccccc1. The lowest BCUT2D eigenvalue weighted by molar-refractivity contribution is 0.338. The molecule has 0 aliphatic rings. The molecule has 1 aromatic rings. The molecule has 1 N–H and O–H groups in total. The maximum Gasteiger partial charge on any atom is 0.0132 e. The van der Waals surface area contributed by atoms with Crippen molar-refractivity contribution in [1.82, 2.24) is 10.2 Å². The maximum absolute atomic E-state index is 3.68. The van der Waals surface area contributed by atoms with Gasteiger partial charge in [-0.3, -0.25) is 0 Å². The molecule has 1 aromatic carbocycles. The van der Waals surface area contributed by atoms with Gasteiger partial charge in [0.15, 0.2) is 0 Å². The van der Waals surface area contributed by atoms with Gasteiger partial charge in [-0.15, -0.1) is 6.58 Å². The molecule has 0 atom stereocenters. The van der Waals surface area contributed by atoms with E-state index in [-0.39, 0.29) is 0 Å². The average Bonchev–Trinajstić information content (AvgIpc) is 2.33. The van der Waals surface area contributed by atoms with Crippen molar-refractivity contribution >= 4 is 0 Å². The topological polar surface area (TPSA) is 15.3 Å². The van der Waals surface area contributed by atoms with Gasteiger partial charge in [0.1, 0.15) is 0 Å². The second-order valence-corrected chi connectivity index (χ2v) is 4.03. The van der Waals surface area contributed by atoms with Crippen molar-refractivity contribution in [2.45, 2.75) is 6.42 Å². The van der Waals surface area contributed by atoms with Crippen LogP contribution in [0.4, 0.5) is 0 Å². The number of benzene rings is 1. The second-order valence-electron chi connectivity index (χ2n) is 4.03. The van der Waals surface area contributed by atoms with Crippen molar-refractivity contribution in [3.8, 4) is 0 Å². The zero-order valence-corrected chi connectivity index (χ0v) is 10.2. The number of nitrogens with one attached hydrogen (secondary N) is 1. The summed E-state index contributed by atoms with van der Waals surface area (Å²) >= 11 is 0. The standard InChI is InChI=1S/C14H22N2/c1-3-10-15-11-13-16(2)12-9-14-7-5-4-6-8-14/h3-8,15H,1,9-13H2,2H3. The largest absolute Gasteiger partial charge is 0.312 e. The van der Waals surface area contributed by atoms with Crippen molar-refractivity contribution < 1.29 is 0 Å². The van der Waals surface area contributed by atoms with Crippen LogP contribution < -0.4 is 5.32 Å². The fraction of sp³-hybridized carbons (Fsp3) is 0.429. The van der Waals surface area contributed by atoms with Crippen LogP contribution in [0.5, 0.6) is 0 Å². The van der Waals surface area contributed by atoms with Crippen LogP contribution in [0.2, 0.25) is 0 Å². The Morgan fingerprint density at radius 3 is 2.69 bits per heavy atom. The van der Waals surface area contributed by atoms with E-state index in [1.165, 1.54) is 5.56 Å². The molecule has 16 heavy (non-hydrogen) atoms. The van der Waals surface area contributed by atoms with E-state index in [1.807, 2.05) is 6.08 Å². The van der Waals surface area contributed by atoms with E-state index in [9.17, 15) is 0 Å². The summed E-state index contributed by atoms with van der Waals surface area (Å²) in [5.74, 6) is 0. The molecule has 88 valence electrons. The lowest BCUT2D eigenvalue weighted by Gasteiger charge is -2.16. The highest BCUT2D eigenvalue weighted by Gasteiger charge is 1.98. The molecular weight excluding hydrogens is 196 g/mol. The van der Waals surface area contributed by atoms with Crippen LogP contribution in [0, 0.1) is 0 Å². The highest BCUT2D eigenvalue weighted by Crippen LogP contribution is 2.00. The predicted octanol–water partition coefficient (Wildman–Crippen LogP) is 1.94. The van der Waals surface area contributed by atoms with Gasteiger partial charge in [0.2, 0.25) is 0 Å². The summed E-state index contributed by atoms with van der Waals surface area (Å²) in [7, 11) is 2.17. The molecule has 0 fully saturated rings. The highest BCUT2D eigenvalue weighted by molar-refractivity contribution is 5.14. The summed E-state index contributed by atoms with van der Waals surface area (Å²) in [6.45, 7) is 7.79. The molecule has 0 saturated heterocycles. The van der Waals surface area contributed by atoms with Gasteiger partial charge < -0.3 is 10.2 Å². The average molecular weight is 218 g/mol. The zero-order chi connectivity index (χ0) is 11.6. The summed E-state index contributed by atoms with van der Waals surface area (Å²) < 4.78 is 0. The Kier molecular flexibility index (Phi) is 6.54. The summed E-state index contributed by atoms with van der Waals surface area (Å²) in [5, 5.41) is 3.30. The molecule has 0 aliphatic heterocycles. The summed E-state index contributed by atoms with van der Waals surface area (Å²) in [4.78, 5) is 2.35. The van der Waals surface area contributed by atoms with Crippen LogP contribution in [-0.4, -0.2) is 38.1 Å². The lowest BCUT2D eigenvalue weighted by Crippen LogP contribution is -2.30. The third kappa shape index (κ3) is 5.69. The minimum Gasteiger partial charge on any atom is -0.312 e. The number of rotatable bonds is 8. The van der Waals surface area contributed by atoms with Crippen LogP contribution >= 0.6 is 0 Å². The van der Waals surface area contributed by atoms with Gasteiger partial charge in [0.05, 0.1) is 0 Å². The first-order chi connectivity index (χ1) is 7.83. The predicted molar refractivity (Wildman–Crippen MR) is 70.7 cm³/mol. The number of hydrogen-bond donors (Lipinski definition) is 1. The molecule has 0 bridgehead atoms. The maximum atomic E-state index is 3.68. The van der Waals surface area contributed by atoms with Crippen molar-refractivity contribution in [1.29, 1.82) is 0 Å². The van der Waals surface area contributed by atoms with E-state index in [0.717, 1.165) is 32.6 Å². The first-order valence-corrected chi connectivity index (χ1v) is 5.87. The molecule has 2 nitrogen and oxygen atoms in total. The van der Waals surface area contributed by atoms with E-state index in [0.29, 0.717) is 0 Å². The van der Waals surface area contributed by atoms with Gasteiger partial charge >= 0.3 is 0 Å². The molecule has 0 spiro atoms. The van der Waals surface area contributed by atoms with Crippen LogP contribution in [0.15, 0.2) is 43.0 Å². The smallest absolute Gasteiger partial charge is 0.0132 e. The first kappa shape index (κ1) is 12.9. The van der Waals surface area contributed by atoms with Gasteiger partial charge in [-0.2, -0.15) is 0 Å². The van der Waals surface area contributed by atoms with Crippen molar-refractivity contribution in [2.24, 2.45) is 0 Å². The van der Waals surface area contributed by atoms with Gasteiger partial charge in [0, 0.05) is 26.2 Å². The molecule has 0 aliphatic carbocycles. The number of likely N-dealkylation sites (N-methyl/N-ethyl adjacent to an activating group) is 1. The molecule has 0 radical (unpaired) electrons. The molecular formula is C14H22N2. The number of hydrogen-bond acceptors (Lipinski definition) is 2. The van der Waals surface area contributed by atoms with Crippen molar-refractivity contribution in [2.75, 3.05) is 33.2 Å². The molecule has 1 rings (SSSR count). The van der Waals surface area contributed by atoms with E-state index < -0.39 is 0 Å². The van der Waals surface area contributed by atoms with Crippen molar-refractivity contribution in [3.63, 3.8) is 0 Å². The molecule has 0 heterocycles. The van der Waals surface area contributed by atoms with Crippen LogP contribution in [0.25, 0.3) is 0 Å². The van der Waals surface area contributed by atoms with Gasteiger partial charge in [-0.25, -0.2) is 0 Å². The Morgan fingerprint density at radius 2 is 2.00 bits per heavy atom. The number of nitrogens with zero attached hydrogens (tertiary/aromatic N) is 1. The minimum atomic E-state index is 0.895. The normalized spacial score (nSPS) is 10.6. The molecule has 0 amide bonds. The van der Waals surface area contributed by atoms with Crippen LogP contribution in [-0.2, 0) is 6.42 Å². The Balaban J connectivity index is 2.10. The summed E-state index contributed by atoms with van der Waals surface area (Å²) in [6.07, 6.45) is 3.02. The monoisotopic (exact) mass is 218 g/mol. The quantitative estimate of drug-likeness (QED) is 0.530. The van der Waals surface area contributed by atoms with E-state index >= 15 is 0 Å². The van der Waals surface area contributed by atoms with Gasteiger partial charge in [-0.1, -0.05) is 36.4 Å². The highest BCUT2D eigenvalue weighted by atomic mass is 15.1. The molecule has 0 aromatic heterocycles. The third-order valence-electron chi connectivity index (χ3n) is 2.58. The lowest BCUT2D eigenvalue weighted by atomic mass is 10.1. The fourth-order valence-electron chi connectivity index (χ4n) is 1.55. The van der Waals surface area contributed by atoms with Crippen LogP contribution in [0.1, 0.15) is 5.56 Å². The fourth-order valence-corrected chi connectivity index (χ4v) is 1.55. The zero-order valence-electron chi connectivity index (χ0n) is 10.2. The minimum absolute atomic E-state index is 0.895. The molecule has 0 unspecified atom stereocenters. The van der Waals surface area contributed by atoms with Crippen LogP contribution in [0.3, 0.4) is 0 Å².